The van der Waals surface area contributed by atoms with E-state index >= 15 is 0 Å². The van der Waals surface area contributed by atoms with Crippen molar-refractivity contribution in [3.63, 3.8) is 0 Å². The van der Waals surface area contributed by atoms with E-state index in [1.165, 1.54) is 0 Å². The molecule has 126 valence electrons. The average Bonchev–Trinajstić information content (AvgIpc) is 2.68. The molecule has 25 heavy (non-hydrogen) atoms. The fraction of sp³-hybridized carbons (Fsp3) is 0.0476. The summed E-state index contributed by atoms with van der Waals surface area (Å²) in [5.41, 5.74) is 0. The molecule has 3 aromatic rings. The Bertz CT molecular complexity index is 739. The minimum atomic E-state index is -4.03. The Morgan fingerprint density at radius 3 is 1.44 bits per heavy atom. The summed E-state index contributed by atoms with van der Waals surface area (Å²) in [6, 6.07) is 30.8. The van der Waals surface area contributed by atoms with Crippen molar-refractivity contribution >= 4 is 42.1 Å². The number of hydrogen-bond donors (Lipinski definition) is 0. The van der Waals surface area contributed by atoms with Crippen LogP contribution in [0.1, 0.15) is 0 Å². The van der Waals surface area contributed by atoms with Gasteiger partial charge in [-0.3, -0.25) is 0 Å². The van der Waals surface area contributed by atoms with E-state index < -0.39 is 32.7 Å². The second-order valence-corrected chi connectivity index (χ2v) is 20.7. The van der Waals surface area contributed by atoms with E-state index in [4.69, 9.17) is 2.13 Å². The Kier molecular flexibility index (Phi) is 6.34. The van der Waals surface area contributed by atoms with Gasteiger partial charge in [-0.05, 0) is 0 Å². The fourth-order valence-electron chi connectivity index (χ4n) is 2.93. The van der Waals surface area contributed by atoms with Crippen LogP contribution in [0.2, 0.25) is 0 Å². The third-order valence-corrected chi connectivity index (χ3v) is 23.4. The van der Waals surface area contributed by atoms with Gasteiger partial charge in [0.15, 0.2) is 0 Å². The van der Waals surface area contributed by atoms with Gasteiger partial charge in [0.05, 0.1) is 0 Å². The number of hydrogen-bond acceptors (Lipinski definition) is 2. The molecule has 3 rings (SSSR count). The Morgan fingerprint density at radius 2 is 1.12 bits per heavy atom. The molecule has 4 heteroatoms. The van der Waals surface area contributed by atoms with Gasteiger partial charge in [0.25, 0.3) is 0 Å². The van der Waals surface area contributed by atoms with Crippen molar-refractivity contribution in [2.24, 2.45) is 0 Å². The fourth-order valence-corrected chi connectivity index (χ4v) is 22.8. The summed E-state index contributed by atoms with van der Waals surface area (Å²) in [4.78, 5) is 0. The van der Waals surface area contributed by atoms with E-state index in [2.05, 4.69) is 43.0 Å². The molecule has 0 aliphatic carbocycles. The van der Waals surface area contributed by atoms with Crippen LogP contribution in [-0.4, -0.2) is 31.6 Å². The molecule has 0 amide bonds. The molecule has 0 aromatic heterocycles. The van der Waals surface area contributed by atoms with Crippen molar-refractivity contribution in [3.05, 3.63) is 104 Å². The molecule has 2 nitrogen and oxygen atoms in total. The van der Waals surface area contributed by atoms with Gasteiger partial charge < -0.3 is 0 Å². The van der Waals surface area contributed by atoms with Crippen molar-refractivity contribution in [1.29, 1.82) is 0 Å². The molecule has 0 spiro atoms. The van der Waals surface area contributed by atoms with E-state index in [0.29, 0.717) is 5.75 Å². The van der Waals surface area contributed by atoms with Crippen LogP contribution < -0.4 is 9.37 Å². The molecule has 0 N–H and O–H groups in total. The summed E-state index contributed by atoms with van der Waals surface area (Å²) >= 11 is -5.44. The predicted octanol–water partition coefficient (Wildman–Crippen LogP) is 2.52. The van der Waals surface area contributed by atoms with Crippen LogP contribution in [0.15, 0.2) is 104 Å². The van der Waals surface area contributed by atoms with E-state index in [0.717, 1.165) is 9.37 Å². The molecule has 0 aliphatic heterocycles. The van der Waals surface area contributed by atoms with E-state index in [1.807, 2.05) is 54.6 Å². The van der Waals surface area contributed by atoms with Gasteiger partial charge in [-0.15, -0.1) is 0 Å². The first-order valence-corrected chi connectivity index (χ1v) is 16.8. The summed E-state index contributed by atoms with van der Waals surface area (Å²) in [7, 11) is 0. The maximum absolute atomic E-state index is 12.7. The van der Waals surface area contributed by atoms with Crippen molar-refractivity contribution in [2.75, 3.05) is 5.75 Å². The number of rotatable bonds is 7. The Balaban J connectivity index is 2.27. The maximum atomic E-state index is 12.7. The molecule has 0 aliphatic rings. The molecule has 1 unspecified atom stereocenters. The monoisotopic (exact) mass is 544 g/mol. The van der Waals surface area contributed by atoms with Gasteiger partial charge in [-0.25, -0.2) is 0 Å². The molecule has 0 bridgehead atoms. The van der Waals surface area contributed by atoms with Crippen LogP contribution in [0.25, 0.3) is 0 Å². The Hall–Kier alpha value is -1.57. The molecule has 0 fully saturated rings. The summed E-state index contributed by atoms with van der Waals surface area (Å²) in [5.74, 6) is 0.328. The molecular formula is C21H20O2PbS. The topological polar surface area (TPSA) is 26.3 Å². The van der Waals surface area contributed by atoms with E-state index in [9.17, 15) is 4.21 Å². The first-order valence-electron chi connectivity index (χ1n) is 8.12. The number of benzene rings is 3. The van der Waals surface area contributed by atoms with Gasteiger partial charge in [0, 0.05) is 0 Å². The quantitative estimate of drug-likeness (QED) is 0.338. The van der Waals surface area contributed by atoms with Crippen LogP contribution >= 0.6 is 0 Å². The first kappa shape index (κ1) is 18.2. The molecule has 0 heterocycles. The van der Waals surface area contributed by atoms with Crippen LogP contribution in [0.4, 0.5) is 0 Å². The van der Waals surface area contributed by atoms with Crippen LogP contribution in [-0.2, 0) is 13.2 Å². The standard InChI is InChI=1S/3C6H5.C3H6O2S.Pb/c3*1-2-4-6-5-3-1;1-2-3-6(4)5;/h3*1-5H;2H,1,3H2,(H,4,5);/q;;;;+1/p-1. The molecule has 0 saturated heterocycles. The van der Waals surface area contributed by atoms with Gasteiger partial charge in [0.2, 0.25) is 0 Å². The normalized spacial score (nSPS) is 12.5. The van der Waals surface area contributed by atoms with Crippen molar-refractivity contribution in [2.45, 2.75) is 0 Å². The summed E-state index contributed by atoms with van der Waals surface area (Å²) < 4.78 is 22.6. The van der Waals surface area contributed by atoms with E-state index in [-0.39, 0.29) is 0 Å². The van der Waals surface area contributed by atoms with Gasteiger partial charge in [-0.1, -0.05) is 0 Å². The van der Waals surface area contributed by atoms with Crippen molar-refractivity contribution < 1.29 is 6.34 Å². The zero-order valence-corrected chi connectivity index (χ0v) is 18.6. The third-order valence-electron chi connectivity index (χ3n) is 4.01. The van der Waals surface area contributed by atoms with Crippen molar-refractivity contribution in [3.8, 4) is 0 Å². The Labute approximate surface area is 157 Å². The summed E-state index contributed by atoms with van der Waals surface area (Å²) in [6.45, 7) is 3.70. The minimum absolute atomic E-state index is 0.328. The second-order valence-electron chi connectivity index (χ2n) is 5.62. The molecule has 0 saturated carbocycles. The van der Waals surface area contributed by atoms with Crippen molar-refractivity contribution in [1.82, 2.24) is 0 Å². The van der Waals surface area contributed by atoms with Gasteiger partial charge in [0.1, 0.15) is 0 Å². The van der Waals surface area contributed by atoms with Gasteiger partial charge in [-0.2, -0.15) is 0 Å². The summed E-state index contributed by atoms with van der Waals surface area (Å²) in [5, 5.41) is 0. The molecule has 0 radical (unpaired) electrons. The van der Waals surface area contributed by atoms with E-state index in [1.54, 1.807) is 6.08 Å². The first-order chi connectivity index (χ1) is 12.3. The average molecular weight is 544 g/mol. The SMILES string of the molecule is C=CCS(=O)[O][Pb]([c]1ccccc1)([c]1ccccc1)[c]1ccccc1. The molecule has 1 atom stereocenters. The Morgan fingerprint density at radius 1 is 0.760 bits per heavy atom. The zero-order chi connectivity index (χ0) is 17.5. The van der Waals surface area contributed by atoms with Crippen LogP contribution in [0.5, 0.6) is 0 Å². The van der Waals surface area contributed by atoms with Crippen LogP contribution in [0.3, 0.4) is 0 Å². The summed E-state index contributed by atoms with van der Waals surface area (Å²) in [6.07, 6.45) is 1.65. The molecule has 3 aromatic carbocycles. The zero-order valence-electron chi connectivity index (χ0n) is 13.9. The second kappa shape index (κ2) is 8.69. The van der Waals surface area contributed by atoms with Crippen LogP contribution in [0, 0.1) is 0 Å². The van der Waals surface area contributed by atoms with Gasteiger partial charge >= 0.3 is 158 Å². The molecular weight excluding hydrogens is 523 g/mol. The third kappa shape index (κ3) is 3.99. The predicted molar refractivity (Wildman–Crippen MR) is 108 cm³/mol.